The van der Waals surface area contributed by atoms with Crippen molar-refractivity contribution in [2.75, 3.05) is 7.11 Å². The van der Waals surface area contributed by atoms with Crippen molar-refractivity contribution in [2.45, 2.75) is 51.7 Å². The minimum atomic E-state index is -0.371. The van der Waals surface area contributed by atoms with Gasteiger partial charge in [-0.1, -0.05) is 37.6 Å². The third-order valence-corrected chi connectivity index (χ3v) is 3.12. The van der Waals surface area contributed by atoms with Crippen molar-refractivity contribution in [1.29, 1.82) is 0 Å². The van der Waals surface area contributed by atoms with Crippen molar-refractivity contribution in [2.24, 2.45) is 0 Å². The fourth-order valence-electron chi connectivity index (χ4n) is 1.92. The third kappa shape index (κ3) is 4.88. The fourth-order valence-corrected chi connectivity index (χ4v) is 1.92. The van der Waals surface area contributed by atoms with E-state index in [2.05, 4.69) is 19.1 Å². The summed E-state index contributed by atoms with van der Waals surface area (Å²) in [4.78, 5) is 0. The first-order valence-corrected chi connectivity index (χ1v) is 6.47. The maximum Gasteiger partial charge on any atom is 0.0791 e. The smallest absolute Gasteiger partial charge is 0.0791 e. The summed E-state index contributed by atoms with van der Waals surface area (Å²) in [6.07, 6.45) is 3.70. The van der Waals surface area contributed by atoms with Gasteiger partial charge < -0.3 is 9.84 Å². The van der Waals surface area contributed by atoms with Crippen LogP contribution in [-0.4, -0.2) is 18.3 Å². The molecule has 17 heavy (non-hydrogen) atoms. The molecule has 2 nitrogen and oxygen atoms in total. The van der Waals surface area contributed by atoms with E-state index < -0.39 is 0 Å². The molecule has 2 atom stereocenters. The van der Waals surface area contributed by atoms with E-state index in [-0.39, 0.29) is 12.2 Å². The average molecular weight is 236 g/mol. The topological polar surface area (TPSA) is 29.5 Å². The molecule has 0 spiro atoms. The Kier molecular flexibility index (Phi) is 6.23. The molecule has 0 aliphatic heterocycles. The molecule has 0 bridgehead atoms. The number of hydrogen-bond donors (Lipinski definition) is 1. The molecule has 0 aliphatic rings. The number of aliphatic hydroxyl groups is 1. The lowest BCUT2D eigenvalue weighted by Crippen LogP contribution is -2.08. The second-order valence-electron chi connectivity index (χ2n) is 4.63. The van der Waals surface area contributed by atoms with Crippen LogP contribution in [0.5, 0.6) is 0 Å². The molecule has 1 rings (SSSR count). The fraction of sp³-hybridized carbons (Fsp3) is 0.600. The summed E-state index contributed by atoms with van der Waals surface area (Å²) in [5, 5.41) is 10.1. The van der Waals surface area contributed by atoms with Gasteiger partial charge in [0.15, 0.2) is 0 Å². The summed E-state index contributed by atoms with van der Waals surface area (Å²) in [5.74, 6) is 0. The molecule has 0 heterocycles. The Bertz CT molecular complexity index is 322. The van der Waals surface area contributed by atoms with Crippen LogP contribution in [0.1, 0.15) is 50.3 Å². The molecule has 96 valence electrons. The van der Waals surface area contributed by atoms with Gasteiger partial charge in [-0.3, -0.25) is 0 Å². The summed E-state index contributed by atoms with van der Waals surface area (Å²) < 4.78 is 5.19. The molecular formula is C15H24O2. The zero-order valence-corrected chi connectivity index (χ0v) is 11.1. The number of rotatable bonds is 7. The van der Waals surface area contributed by atoms with E-state index in [0.717, 1.165) is 31.2 Å². The molecule has 0 fully saturated rings. The average Bonchev–Trinajstić information content (AvgIpc) is 2.36. The molecule has 2 unspecified atom stereocenters. The van der Waals surface area contributed by atoms with Gasteiger partial charge in [0.2, 0.25) is 0 Å². The summed E-state index contributed by atoms with van der Waals surface area (Å²) in [7, 11) is 1.71. The van der Waals surface area contributed by atoms with Gasteiger partial charge in [-0.25, -0.2) is 0 Å². The van der Waals surface area contributed by atoms with Gasteiger partial charge in [-0.05, 0) is 37.3 Å². The summed E-state index contributed by atoms with van der Waals surface area (Å²) in [6, 6.07) is 8.27. The van der Waals surface area contributed by atoms with Crippen molar-refractivity contribution >= 4 is 0 Å². The monoisotopic (exact) mass is 236 g/mol. The number of aliphatic hydroxyl groups excluding tert-OH is 1. The normalized spacial score (nSPS) is 14.6. The van der Waals surface area contributed by atoms with Crippen LogP contribution in [0.4, 0.5) is 0 Å². The SMILES string of the molecule is CCCc1cccc(C(O)CCC(C)OC)c1. The molecule has 0 amide bonds. The van der Waals surface area contributed by atoms with Crippen LogP contribution >= 0.6 is 0 Å². The zero-order valence-electron chi connectivity index (χ0n) is 11.1. The molecule has 1 aromatic carbocycles. The molecule has 0 saturated carbocycles. The van der Waals surface area contributed by atoms with Crippen LogP contribution in [0.15, 0.2) is 24.3 Å². The second kappa shape index (κ2) is 7.46. The highest BCUT2D eigenvalue weighted by Crippen LogP contribution is 2.21. The Balaban J connectivity index is 2.55. The Labute approximate surface area is 105 Å². The summed E-state index contributed by atoms with van der Waals surface area (Å²) in [5.41, 5.74) is 2.34. The standard InChI is InChI=1S/C15H24O2/c1-4-6-13-7-5-8-14(11-13)15(16)10-9-12(2)17-3/h5,7-8,11-12,15-16H,4,6,9-10H2,1-3H3. The maximum atomic E-state index is 10.1. The Morgan fingerprint density at radius 2 is 2.06 bits per heavy atom. The number of aryl methyl sites for hydroxylation is 1. The van der Waals surface area contributed by atoms with Gasteiger partial charge in [0.05, 0.1) is 12.2 Å². The second-order valence-corrected chi connectivity index (χ2v) is 4.63. The van der Waals surface area contributed by atoms with Crippen LogP contribution in [0.3, 0.4) is 0 Å². The van der Waals surface area contributed by atoms with Crippen molar-refractivity contribution in [3.8, 4) is 0 Å². The third-order valence-electron chi connectivity index (χ3n) is 3.12. The molecule has 2 heteroatoms. The first-order chi connectivity index (χ1) is 8.17. The predicted octanol–water partition coefficient (Wildman–Crippen LogP) is 3.49. The van der Waals surface area contributed by atoms with Crippen molar-refractivity contribution in [1.82, 2.24) is 0 Å². The summed E-state index contributed by atoms with van der Waals surface area (Å²) in [6.45, 7) is 4.20. The zero-order chi connectivity index (χ0) is 12.7. The quantitative estimate of drug-likeness (QED) is 0.785. The van der Waals surface area contributed by atoms with Gasteiger partial charge in [-0.15, -0.1) is 0 Å². The lowest BCUT2D eigenvalue weighted by atomic mass is 9.99. The largest absolute Gasteiger partial charge is 0.388 e. The molecule has 0 aliphatic carbocycles. The molecule has 0 radical (unpaired) electrons. The van der Waals surface area contributed by atoms with E-state index in [1.165, 1.54) is 5.56 Å². The Morgan fingerprint density at radius 1 is 1.29 bits per heavy atom. The van der Waals surface area contributed by atoms with Crippen molar-refractivity contribution in [3.63, 3.8) is 0 Å². The first-order valence-electron chi connectivity index (χ1n) is 6.47. The van der Waals surface area contributed by atoms with Gasteiger partial charge >= 0.3 is 0 Å². The Morgan fingerprint density at radius 3 is 2.71 bits per heavy atom. The van der Waals surface area contributed by atoms with Crippen LogP contribution in [0.25, 0.3) is 0 Å². The van der Waals surface area contributed by atoms with E-state index >= 15 is 0 Å². The lowest BCUT2D eigenvalue weighted by molar-refractivity contribution is 0.0851. The lowest BCUT2D eigenvalue weighted by Gasteiger charge is -2.15. The number of ether oxygens (including phenoxy) is 1. The maximum absolute atomic E-state index is 10.1. The molecule has 1 N–H and O–H groups in total. The van der Waals surface area contributed by atoms with Crippen LogP contribution in [-0.2, 0) is 11.2 Å². The highest BCUT2D eigenvalue weighted by atomic mass is 16.5. The highest BCUT2D eigenvalue weighted by molar-refractivity contribution is 5.25. The predicted molar refractivity (Wildman–Crippen MR) is 71.1 cm³/mol. The van der Waals surface area contributed by atoms with E-state index in [9.17, 15) is 5.11 Å². The van der Waals surface area contributed by atoms with Gasteiger partial charge in [0, 0.05) is 7.11 Å². The van der Waals surface area contributed by atoms with Crippen LogP contribution in [0.2, 0.25) is 0 Å². The van der Waals surface area contributed by atoms with E-state index in [1.54, 1.807) is 7.11 Å². The van der Waals surface area contributed by atoms with Crippen LogP contribution < -0.4 is 0 Å². The summed E-state index contributed by atoms with van der Waals surface area (Å²) >= 11 is 0. The van der Waals surface area contributed by atoms with E-state index in [1.807, 2.05) is 19.1 Å². The Hall–Kier alpha value is -0.860. The number of benzene rings is 1. The van der Waals surface area contributed by atoms with Gasteiger partial charge in [-0.2, -0.15) is 0 Å². The molecular weight excluding hydrogens is 212 g/mol. The number of hydrogen-bond acceptors (Lipinski definition) is 2. The minimum absolute atomic E-state index is 0.212. The molecule has 0 saturated heterocycles. The van der Waals surface area contributed by atoms with Gasteiger partial charge in [0.1, 0.15) is 0 Å². The molecule has 0 aromatic heterocycles. The molecule has 1 aromatic rings. The van der Waals surface area contributed by atoms with Crippen molar-refractivity contribution < 1.29 is 9.84 Å². The highest BCUT2D eigenvalue weighted by Gasteiger charge is 2.10. The van der Waals surface area contributed by atoms with Gasteiger partial charge in [0.25, 0.3) is 0 Å². The number of methoxy groups -OCH3 is 1. The van der Waals surface area contributed by atoms with Crippen molar-refractivity contribution in [3.05, 3.63) is 35.4 Å². The van der Waals surface area contributed by atoms with E-state index in [4.69, 9.17) is 4.74 Å². The van der Waals surface area contributed by atoms with E-state index in [0.29, 0.717) is 0 Å². The minimum Gasteiger partial charge on any atom is -0.388 e. The first kappa shape index (κ1) is 14.2. The van der Waals surface area contributed by atoms with Crippen LogP contribution in [0, 0.1) is 0 Å².